The highest BCUT2D eigenvalue weighted by Crippen LogP contribution is 2.18. The van der Waals surface area contributed by atoms with Gasteiger partial charge in [-0.25, -0.2) is 0 Å². The van der Waals surface area contributed by atoms with Crippen LogP contribution in [0, 0.1) is 10.8 Å². The summed E-state index contributed by atoms with van der Waals surface area (Å²) in [5.41, 5.74) is 5.63. The summed E-state index contributed by atoms with van der Waals surface area (Å²) in [6.45, 7) is 13.0. The standard InChI is InChI=1S/C15H32N2O2/c1-6-7-8-13(18)17-10-15(4,5)12-19-11-14(2,3)9-16/h6-12,16H2,1-5H3,(H,17,18). The van der Waals surface area contributed by atoms with Crippen molar-refractivity contribution in [1.82, 2.24) is 5.32 Å². The molecular formula is C15H32N2O2. The number of hydrogen-bond donors (Lipinski definition) is 2. The SMILES string of the molecule is CCCCC(=O)NCC(C)(C)COCC(C)(C)CN. The molecule has 4 heteroatoms. The molecule has 0 rings (SSSR count). The van der Waals surface area contributed by atoms with Gasteiger partial charge in [-0.2, -0.15) is 0 Å². The average molecular weight is 272 g/mol. The van der Waals surface area contributed by atoms with Crippen molar-refractivity contribution in [3.05, 3.63) is 0 Å². The smallest absolute Gasteiger partial charge is 0.220 e. The predicted molar refractivity (Wildman–Crippen MR) is 80.0 cm³/mol. The molecular weight excluding hydrogens is 240 g/mol. The van der Waals surface area contributed by atoms with Crippen LogP contribution in [0.15, 0.2) is 0 Å². The van der Waals surface area contributed by atoms with Crippen LogP contribution in [0.25, 0.3) is 0 Å². The van der Waals surface area contributed by atoms with Crippen molar-refractivity contribution in [1.29, 1.82) is 0 Å². The summed E-state index contributed by atoms with van der Waals surface area (Å²) in [7, 11) is 0. The minimum atomic E-state index is -0.0491. The molecule has 0 aliphatic heterocycles. The molecule has 4 nitrogen and oxygen atoms in total. The van der Waals surface area contributed by atoms with Gasteiger partial charge in [0.05, 0.1) is 13.2 Å². The number of carbonyl (C=O) groups excluding carboxylic acids is 1. The van der Waals surface area contributed by atoms with Crippen LogP contribution in [0.1, 0.15) is 53.9 Å². The van der Waals surface area contributed by atoms with Crippen molar-refractivity contribution in [2.45, 2.75) is 53.9 Å². The van der Waals surface area contributed by atoms with Crippen molar-refractivity contribution in [2.75, 3.05) is 26.3 Å². The fourth-order valence-corrected chi connectivity index (χ4v) is 1.48. The van der Waals surface area contributed by atoms with Crippen molar-refractivity contribution in [2.24, 2.45) is 16.6 Å². The van der Waals surface area contributed by atoms with E-state index >= 15 is 0 Å². The molecule has 1 amide bonds. The fourth-order valence-electron chi connectivity index (χ4n) is 1.48. The first-order valence-electron chi connectivity index (χ1n) is 7.27. The molecule has 0 heterocycles. The topological polar surface area (TPSA) is 64.3 Å². The lowest BCUT2D eigenvalue weighted by molar-refractivity contribution is -0.121. The molecule has 0 saturated heterocycles. The van der Waals surface area contributed by atoms with Gasteiger partial charge in [0.25, 0.3) is 0 Å². The van der Waals surface area contributed by atoms with E-state index in [4.69, 9.17) is 10.5 Å². The van der Waals surface area contributed by atoms with Crippen LogP contribution >= 0.6 is 0 Å². The van der Waals surface area contributed by atoms with Crippen molar-refractivity contribution >= 4 is 5.91 Å². The van der Waals surface area contributed by atoms with Gasteiger partial charge in [-0.3, -0.25) is 4.79 Å². The van der Waals surface area contributed by atoms with Crippen LogP contribution in [0.4, 0.5) is 0 Å². The molecule has 0 aromatic heterocycles. The molecule has 0 aliphatic carbocycles. The monoisotopic (exact) mass is 272 g/mol. The van der Waals surface area contributed by atoms with Crippen LogP contribution in [-0.2, 0) is 9.53 Å². The summed E-state index contributed by atoms with van der Waals surface area (Å²) in [4.78, 5) is 11.6. The number of nitrogens with one attached hydrogen (secondary N) is 1. The van der Waals surface area contributed by atoms with E-state index in [2.05, 4.69) is 39.9 Å². The van der Waals surface area contributed by atoms with Crippen LogP contribution < -0.4 is 11.1 Å². The molecule has 19 heavy (non-hydrogen) atoms. The Hall–Kier alpha value is -0.610. The number of ether oxygens (including phenoxy) is 1. The molecule has 0 spiro atoms. The zero-order valence-electron chi connectivity index (χ0n) is 13.3. The highest BCUT2D eigenvalue weighted by atomic mass is 16.5. The Bertz CT molecular complexity index is 263. The molecule has 0 aromatic rings. The third kappa shape index (κ3) is 9.91. The Balaban J connectivity index is 3.89. The summed E-state index contributed by atoms with van der Waals surface area (Å²) in [6.07, 6.45) is 2.62. The van der Waals surface area contributed by atoms with Gasteiger partial charge in [-0.15, -0.1) is 0 Å². The van der Waals surface area contributed by atoms with Gasteiger partial charge in [-0.05, 0) is 13.0 Å². The maximum Gasteiger partial charge on any atom is 0.220 e. The van der Waals surface area contributed by atoms with Crippen LogP contribution in [0.5, 0.6) is 0 Å². The lowest BCUT2D eigenvalue weighted by Gasteiger charge is -2.28. The second kappa shape index (κ2) is 8.54. The van der Waals surface area contributed by atoms with Gasteiger partial charge in [-0.1, -0.05) is 41.0 Å². The van der Waals surface area contributed by atoms with Crippen molar-refractivity contribution in [3.63, 3.8) is 0 Å². The molecule has 0 atom stereocenters. The second-order valence-electron chi connectivity index (χ2n) is 6.91. The Morgan fingerprint density at radius 1 is 1.16 bits per heavy atom. The molecule has 0 aromatic carbocycles. The highest BCUT2D eigenvalue weighted by Gasteiger charge is 2.22. The summed E-state index contributed by atoms with van der Waals surface area (Å²) in [6, 6.07) is 0. The Labute approximate surface area is 118 Å². The Morgan fingerprint density at radius 2 is 1.74 bits per heavy atom. The first-order valence-corrected chi connectivity index (χ1v) is 7.27. The number of hydrogen-bond acceptors (Lipinski definition) is 3. The Kier molecular flexibility index (Phi) is 8.26. The third-order valence-corrected chi connectivity index (χ3v) is 3.06. The Morgan fingerprint density at radius 3 is 2.26 bits per heavy atom. The summed E-state index contributed by atoms with van der Waals surface area (Å²) >= 11 is 0. The molecule has 0 aliphatic rings. The van der Waals surface area contributed by atoms with E-state index in [-0.39, 0.29) is 16.7 Å². The van der Waals surface area contributed by atoms with Gasteiger partial charge < -0.3 is 15.8 Å². The first kappa shape index (κ1) is 18.4. The first-order chi connectivity index (χ1) is 8.72. The van der Waals surface area contributed by atoms with E-state index in [0.717, 1.165) is 12.8 Å². The van der Waals surface area contributed by atoms with E-state index in [1.54, 1.807) is 0 Å². The predicted octanol–water partition coefficient (Wildman–Crippen LogP) is 2.32. The minimum absolute atomic E-state index is 0.0143. The number of nitrogens with two attached hydrogens (primary N) is 1. The zero-order valence-corrected chi connectivity index (χ0v) is 13.3. The van der Waals surface area contributed by atoms with Crippen LogP contribution in [-0.4, -0.2) is 32.2 Å². The molecule has 3 N–H and O–H groups in total. The molecule has 114 valence electrons. The maximum absolute atomic E-state index is 11.6. The fraction of sp³-hybridized carbons (Fsp3) is 0.933. The minimum Gasteiger partial charge on any atom is -0.380 e. The number of rotatable bonds is 10. The van der Waals surface area contributed by atoms with E-state index in [1.807, 2.05) is 0 Å². The highest BCUT2D eigenvalue weighted by molar-refractivity contribution is 5.75. The van der Waals surface area contributed by atoms with E-state index < -0.39 is 0 Å². The largest absolute Gasteiger partial charge is 0.380 e. The van der Waals surface area contributed by atoms with Gasteiger partial charge in [0.15, 0.2) is 0 Å². The number of amides is 1. The molecule has 0 bridgehead atoms. The van der Waals surface area contributed by atoms with Crippen molar-refractivity contribution < 1.29 is 9.53 Å². The van der Waals surface area contributed by atoms with Gasteiger partial charge in [0, 0.05) is 23.8 Å². The second-order valence-corrected chi connectivity index (χ2v) is 6.91. The van der Waals surface area contributed by atoms with E-state index in [0.29, 0.717) is 32.7 Å². The van der Waals surface area contributed by atoms with E-state index in [1.165, 1.54) is 0 Å². The number of carbonyl (C=O) groups is 1. The molecule has 0 radical (unpaired) electrons. The summed E-state index contributed by atoms with van der Waals surface area (Å²) in [5, 5.41) is 2.98. The van der Waals surface area contributed by atoms with Crippen molar-refractivity contribution in [3.8, 4) is 0 Å². The zero-order chi connectivity index (χ0) is 14.9. The molecule has 0 unspecified atom stereocenters. The maximum atomic E-state index is 11.6. The van der Waals surface area contributed by atoms with Gasteiger partial charge in [0.2, 0.25) is 5.91 Å². The quantitative estimate of drug-likeness (QED) is 0.641. The average Bonchev–Trinajstić information content (AvgIpc) is 2.33. The summed E-state index contributed by atoms with van der Waals surface area (Å²) in [5.74, 6) is 0.136. The van der Waals surface area contributed by atoms with Gasteiger partial charge >= 0.3 is 0 Å². The normalized spacial score (nSPS) is 12.5. The van der Waals surface area contributed by atoms with Gasteiger partial charge in [0.1, 0.15) is 0 Å². The molecule has 0 fully saturated rings. The third-order valence-electron chi connectivity index (χ3n) is 3.06. The van der Waals surface area contributed by atoms with Crippen LogP contribution in [0.3, 0.4) is 0 Å². The molecule has 0 saturated carbocycles. The lowest BCUT2D eigenvalue weighted by Crippen LogP contribution is -2.38. The van der Waals surface area contributed by atoms with Crippen LogP contribution in [0.2, 0.25) is 0 Å². The van der Waals surface area contributed by atoms with E-state index in [9.17, 15) is 4.79 Å². The number of unbranched alkanes of at least 4 members (excludes halogenated alkanes) is 1. The lowest BCUT2D eigenvalue weighted by atomic mass is 9.93. The summed E-state index contributed by atoms with van der Waals surface area (Å²) < 4.78 is 5.74.